The zero-order valence-corrected chi connectivity index (χ0v) is 16.9. The Labute approximate surface area is 171 Å². The Kier molecular flexibility index (Phi) is 6.06. The minimum Gasteiger partial charge on any atom is -0.353 e. The van der Waals surface area contributed by atoms with Gasteiger partial charge in [0.2, 0.25) is 0 Å². The molecule has 1 amide bonds. The average molecular weight is 397 g/mol. The minimum atomic E-state index is -0.335. The molecule has 0 spiro atoms. The van der Waals surface area contributed by atoms with Gasteiger partial charge in [0.05, 0.1) is 6.20 Å². The number of aromatic nitrogens is 1. The fourth-order valence-corrected chi connectivity index (χ4v) is 3.89. The molecule has 0 atom stereocenters. The monoisotopic (exact) mass is 397 g/mol. The van der Waals surface area contributed by atoms with Gasteiger partial charge in [-0.05, 0) is 36.9 Å². The van der Waals surface area contributed by atoms with Gasteiger partial charge in [0, 0.05) is 64.5 Å². The number of piperazine rings is 2. The number of anilines is 1. The maximum absolute atomic E-state index is 13.0. The molecule has 2 saturated heterocycles. The second-order valence-electron chi connectivity index (χ2n) is 7.89. The fraction of sp³-hybridized carbons (Fsp3) is 0.455. The Morgan fingerprint density at radius 2 is 1.62 bits per heavy atom. The third-order valence-corrected chi connectivity index (χ3v) is 5.81. The highest BCUT2D eigenvalue weighted by Gasteiger charge is 2.23. The normalized spacial score (nSPS) is 18.8. The van der Waals surface area contributed by atoms with E-state index < -0.39 is 0 Å². The van der Waals surface area contributed by atoms with E-state index in [1.807, 2.05) is 17.0 Å². The van der Waals surface area contributed by atoms with E-state index in [1.54, 1.807) is 6.07 Å². The molecular formula is C22H28FN5O. The minimum absolute atomic E-state index is 0.0721. The van der Waals surface area contributed by atoms with Crippen molar-refractivity contribution in [1.82, 2.24) is 19.7 Å². The van der Waals surface area contributed by atoms with E-state index in [0.29, 0.717) is 26.2 Å². The first-order valence-electron chi connectivity index (χ1n) is 10.2. The first kappa shape index (κ1) is 19.8. The first-order chi connectivity index (χ1) is 14.1. The number of nitrogens with zero attached hydrogens (tertiary/aromatic N) is 5. The van der Waals surface area contributed by atoms with Crippen molar-refractivity contribution < 1.29 is 9.18 Å². The average Bonchev–Trinajstić information content (AvgIpc) is 2.76. The quantitative estimate of drug-likeness (QED) is 0.789. The van der Waals surface area contributed by atoms with Gasteiger partial charge in [-0.3, -0.25) is 9.69 Å². The van der Waals surface area contributed by atoms with Crippen LogP contribution in [0.5, 0.6) is 0 Å². The molecule has 0 aliphatic carbocycles. The van der Waals surface area contributed by atoms with Gasteiger partial charge in [-0.25, -0.2) is 9.37 Å². The highest BCUT2D eigenvalue weighted by molar-refractivity contribution is 5.94. The Bertz CT molecular complexity index is 810. The summed E-state index contributed by atoms with van der Waals surface area (Å²) in [6.45, 7) is 8.01. The highest BCUT2D eigenvalue weighted by atomic mass is 19.1. The van der Waals surface area contributed by atoms with Gasteiger partial charge in [-0.1, -0.05) is 12.1 Å². The Morgan fingerprint density at radius 3 is 2.24 bits per heavy atom. The number of benzene rings is 1. The maximum Gasteiger partial charge on any atom is 0.253 e. The Balaban J connectivity index is 1.30. The SMILES string of the molecule is CN1CCN(Cc2ccc(C(=O)N3CCN(c4ccc(F)cn4)CC3)cc2)CC1. The standard InChI is InChI=1S/C22H28FN5O/c1-25-8-10-26(11-9-25)17-18-2-4-19(5-3-18)22(29)28-14-12-27(13-15-28)21-7-6-20(23)16-24-21/h2-7,16H,8-15,17H2,1H3. The topological polar surface area (TPSA) is 42.9 Å². The van der Waals surface area contributed by atoms with Crippen LogP contribution in [-0.2, 0) is 6.54 Å². The van der Waals surface area contributed by atoms with Crippen LogP contribution in [0.25, 0.3) is 0 Å². The van der Waals surface area contributed by atoms with Crippen LogP contribution < -0.4 is 4.90 Å². The number of hydrogen-bond donors (Lipinski definition) is 0. The lowest BCUT2D eigenvalue weighted by molar-refractivity contribution is 0.0746. The van der Waals surface area contributed by atoms with Crippen molar-refractivity contribution >= 4 is 11.7 Å². The lowest BCUT2D eigenvalue weighted by Crippen LogP contribution is -2.49. The van der Waals surface area contributed by atoms with Crippen molar-refractivity contribution in [3.05, 3.63) is 59.5 Å². The molecule has 4 rings (SSSR count). The van der Waals surface area contributed by atoms with Crippen LogP contribution in [0.15, 0.2) is 42.6 Å². The number of amides is 1. The second-order valence-corrected chi connectivity index (χ2v) is 7.89. The van der Waals surface area contributed by atoms with Crippen molar-refractivity contribution in [2.75, 3.05) is 64.3 Å². The van der Waals surface area contributed by atoms with Crippen LogP contribution in [0.3, 0.4) is 0 Å². The molecule has 1 aromatic heterocycles. The van der Waals surface area contributed by atoms with Gasteiger partial charge in [0.15, 0.2) is 0 Å². The molecule has 2 fully saturated rings. The van der Waals surface area contributed by atoms with Crippen molar-refractivity contribution in [1.29, 1.82) is 0 Å². The summed E-state index contributed by atoms with van der Waals surface area (Å²) in [6.07, 6.45) is 1.23. The summed E-state index contributed by atoms with van der Waals surface area (Å²) < 4.78 is 13.0. The third kappa shape index (κ3) is 4.92. The zero-order chi connectivity index (χ0) is 20.2. The predicted molar refractivity (Wildman–Crippen MR) is 112 cm³/mol. The molecule has 6 nitrogen and oxygen atoms in total. The second kappa shape index (κ2) is 8.88. The van der Waals surface area contributed by atoms with Crippen molar-refractivity contribution in [3.63, 3.8) is 0 Å². The van der Waals surface area contributed by atoms with Gasteiger partial charge < -0.3 is 14.7 Å². The van der Waals surface area contributed by atoms with E-state index in [0.717, 1.165) is 44.1 Å². The molecule has 0 radical (unpaired) electrons. The zero-order valence-electron chi connectivity index (χ0n) is 16.9. The van der Waals surface area contributed by atoms with Gasteiger partial charge in [0.25, 0.3) is 5.91 Å². The van der Waals surface area contributed by atoms with Crippen molar-refractivity contribution in [2.45, 2.75) is 6.54 Å². The highest BCUT2D eigenvalue weighted by Crippen LogP contribution is 2.16. The van der Waals surface area contributed by atoms with E-state index in [2.05, 4.69) is 38.9 Å². The molecule has 0 bridgehead atoms. The predicted octanol–water partition coefficient (Wildman–Crippen LogP) is 1.93. The van der Waals surface area contributed by atoms with Crippen LogP contribution in [0.2, 0.25) is 0 Å². The summed E-state index contributed by atoms with van der Waals surface area (Å²) in [7, 11) is 2.16. The lowest BCUT2D eigenvalue weighted by Gasteiger charge is -2.35. The van der Waals surface area contributed by atoms with E-state index in [1.165, 1.54) is 17.8 Å². The van der Waals surface area contributed by atoms with Gasteiger partial charge in [-0.15, -0.1) is 0 Å². The number of rotatable bonds is 4. The fourth-order valence-electron chi connectivity index (χ4n) is 3.89. The largest absolute Gasteiger partial charge is 0.353 e. The number of carbonyl (C=O) groups is 1. The van der Waals surface area contributed by atoms with Gasteiger partial charge in [0.1, 0.15) is 11.6 Å². The summed E-state index contributed by atoms with van der Waals surface area (Å²) >= 11 is 0. The molecule has 2 aliphatic rings. The molecule has 7 heteroatoms. The van der Waals surface area contributed by atoms with E-state index in [9.17, 15) is 9.18 Å². The molecular weight excluding hydrogens is 369 g/mol. The van der Waals surface area contributed by atoms with Crippen LogP contribution in [0.1, 0.15) is 15.9 Å². The number of pyridine rings is 1. The smallest absolute Gasteiger partial charge is 0.253 e. The number of hydrogen-bond acceptors (Lipinski definition) is 5. The summed E-state index contributed by atoms with van der Waals surface area (Å²) in [5.74, 6) is 0.494. The van der Waals surface area contributed by atoms with Gasteiger partial charge in [-0.2, -0.15) is 0 Å². The van der Waals surface area contributed by atoms with Crippen molar-refractivity contribution in [2.24, 2.45) is 0 Å². The Morgan fingerprint density at radius 1 is 0.931 bits per heavy atom. The summed E-state index contributed by atoms with van der Waals surface area (Å²) in [5.41, 5.74) is 1.98. The molecule has 2 aromatic rings. The van der Waals surface area contributed by atoms with Crippen LogP contribution in [0.4, 0.5) is 10.2 Å². The Hall–Kier alpha value is -2.51. The number of carbonyl (C=O) groups excluding carboxylic acids is 1. The molecule has 1 aromatic carbocycles. The maximum atomic E-state index is 13.0. The van der Waals surface area contributed by atoms with E-state index in [4.69, 9.17) is 0 Å². The van der Waals surface area contributed by atoms with Crippen LogP contribution in [-0.4, -0.2) is 85.0 Å². The summed E-state index contributed by atoms with van der Waals surface area (Å²) in [6, 6.07) is 11.1. The molecule has 0 N–H and O–H groups in total. The third-order valence-electron chi connectivity index (χ3n) is 5.81. The molecule has 0 saturated carbocycles. The first-order valence-corrected chi connectivity index (χ1v) is 10.2. The molecule has 2 aliphatic heterocycles. The number of likely N-dealkylation sites (N-methyl/N-ethyl adjacent to an activating group) is 1. The lowest BCUT2D eigenvalue weighted by atomic mass is 10.1. The molecule has 3 heterocycles. The van der Waals surface area contributed by atoms with E-state index >= 15 is 0 Å². The molecule has 154 valence electrons. The van der Waals surface area contributed by atoms with Crippen LogP contribution in [0, 0.1) is 5.82 Å². The molecule has 29 heavy (non-hydrogen) atoms. The summed E-state index contributed by atoms with van der Waals surface area (Å²) in [4.78, 5) is 25.8. The molecule has 0 unspecified atom stereocenters. The summed E-state index contributed by atoms with van der Waals surface area (Å²) in [5, 5.41) is 0. The van der Waals surface area contributed by atoms with E-state index in [-0.39, 0.29) is 11.7 Å². The van der Waals surface area contributed by atoms with Gasteiger partial charge >= 0.3 is 0 Å². The van der Waals surface area contributed by atoms with Crippen LogP contribution >= 0.6 is 0 Å². The number of halogens is 1. The van der Waals surface area contributed by atoms with Crippen molar-refractivity contribution in [3.8, 4) is 0 Å².